The number of nitrogens with one attached hydrogen (secondary N) is 3. The number of hydrogen-bond acceptors (Lipinski definition) is 4. The topological polar surface area (TPSA) is 78.6 Å². The number of ether oxygens (including phenoxy) is 1. The molecule has 0 aliphatic carbocycles. The highest BCUT2D eigenvalue weighted by Crippen LogP contribution is 2.41. The smallest absolute Gasteiger partial charge is 0.181 e. The van der Waals surface area contributed by atoms with Gasteiger partial charge in [-0.15, -0.1) is 0 Å². The molecule has 2 aliphatic heterocycles. The molecule has 6 nitrogen and oxygen atoms in total. The Morgan fingerprint density at radius 2 is 1.81 bits per heavy atom. The molecule has 0 saturated carbocycles. The highest BCUT2D eigenvalue weighted by Gasteiger charge is 2.36. The maximum absolute atomic E-state index is 13.3. The minimum absolute atomic E-state index is 0.0289. The Labute approximate surface area is 179 Å². The lowest BCUT2D eigenvalue weighted by molar-refractivity contribution is 0.0497. The summed E-state index contributed by atoms with van der Waals surface area (Å²) in [5.74, 6) is 1.64. The minimum Gasteiger partial charge on any atom is -0.381 e. The Kier molecular flexibility index (Phi) is 4.58. The second-order valence-corrected chi connectivity index (χ2v) is 8.46. The van der Waals surface area contributed by atoms with E-state index in [1.807, 2.05) is 0 Å². The first-order valence-corrected chi connectivity index (χ1v) is 10.9. The van der Waals surface area contributed by atoms with Crippen LogP contribution in [0.3, 0.4) is 0 Å². The van der Waals surface area contributed by atoms with Crippen molar-refractivity contribution in [2.45, 2.75) is 31.3 Å². The van der Waals surface area contributed by atoms with E-state index in [9.17, 15) is 4.39 Å². The number of nitrogens with zero attached hydrogens (tertiary/aromatic N) is 2. The Morgan fingerprint density at radius 1 is 1.00 bits per heavy atom. The molecule has 2 aromatic heterocycles. The van der Waals surface area contributed by atoms with Gasteiger partial charge in [-0.05, 0) is 61.1 Å². The van der Waals surface area contributed by atoms with E-state index in [1.165, 1.54) is 34.3 Å². The predicted octanol–water partition coefficient (Wildman–Crippen LogP) is 4.45. The molecule has 2 atom stereocenters. The fourth-order valence-corrected chi connectivity index (χ4v) is 5.02. The van der Waals surface area contributed by atoms with Crippen molar-refractivity contribution in [1.82, 2.24) is 25.5 Å². The van der Waals surface area contributed by atoms with Gasteiger partial charge in [0.15, 0.2) is 5.82 Å². The van der Waals surface area contributed by atoms with Crippen molar-refractivity contribution in [2.24, 2.45) is 5.92 Å². The number of aromatic nitrogens is 4. The predicted molar refractivity (Wildman–Crippen MR) is 116 cm³/mol. The number of H-pyrrole nitrogens is 2. The minimum atomic E-state index is -0.264. The molecule has 4 heterocycles. The summed E-state index contributed by atoms with van der Waals surface area (Å²) in [6, 6.07) is 15.0. The van der Waals surface area contributed by atoms with Crippen LogP contribution in [-0.2, 0) is 11.2 Å². The Morgan fingerprint density at radius 3 is 2.65 bits per heavy atom. The molecule has 1 saturated heterocycles. The largest absolute Gasteiger partial charge is 0.381 e. The van der Waals surface area contributed by atoms with Gasteiger partial charge in [-0.1, -0.05) is 18.2 Å². The van der Waals surface area contributed by atoms with Crippen molar-refractivity contribution in [1.29, 1.82) is 0 Å². The maximum Gasteiger partial charge on any atom is 0.181 e. The lowest BCUT2D eigenvalue weighted by Gasteiger charge is -2.37. The lowest BCUT2D eigenvalue weighted by atomic mass is 9.83. The third-order valence-electron chi connectivity index (χ3n) is 6.62. The third-order valence-corrected chi connectivity index (χ3v) is 6.62. The molecule has 6 rings (SSSR count). The fraction of sp³-hybridized carbons (Fsp3) is 0.333. The van der Waals surface area contributed by atoms with Gasteiger partial charge in [0.1, 0.15) is 11.6 Å². The van der Waals surface area contributed by atoms with Gasteiger partial charge in [-0.2, -0.15) is 5.10 Å². The van der Waals surface area contributed by atoms with Crippen LogP contribution in [0.2, 0.25) is 0 Å². The maximum atomic E-state index is 13.3. The molecule has 2 unspecified atom stereocenters. The zero-order chi connectivity index (χ0) is 20.8. The highest BCUT2D eigenvalue weighted by molar-refractivity contribution is 5.85. The van der Waals surface area contributed by atoms with E-state index in [0.717, 1.165) is 43.9 Å². The van der Waals surface area contributed by atoms with E-state index >= 15 is 0 Å². The summed E-state index contributed by atoms with van der Waals surface area (Å²) in [6.07, 6.45) is 2.91. The van der Waals surface area contributed by atoms with Crippen molar-refractivity contribution in [3.63, 3.8) is 0 Å². The van der Waals surface area contributed by atoms with E-state index in [2.05, 4.69) is 44.8 Å². The van der Waals surface area contributed by atoms with Gasteiger partial charge in [0.05, 0.1) is 12.1 Å². The summed E-state index contributed by atoms with van der Waals surface area (Å²) >= 11 is 0. The van der Waals surface area contributed by atoms with Crippen LogP contribution >= 0.6 is 0 Å². The molecule has 3 N–H and O–H groups in total. The number of rotatable bonds is 3. The molecule has 2 aromatic carbocycles. The highest BCUT2D eigenvalue weighted by atomic mass is 19.1. The number of benzene rings is 2. The van der Waals surface area contributed by atoms with Crippen molar-refractivity contribution in [2.75, 3.05) is 13.2 Å². The summed E-state index contributed by atoms with van der Waals surface area (Å²) < 4.78 is 18.9. The fourth-order valence-electron chi connectivity index (χ4n) is 5.02. The molecular weight excluding hydrogens is 393 g/mol. The van der Waals surface area contributed by atoms with E-state index < -0.39 is 0 Å². The number of fused-ring (bicyclic) bond motifs is 3. The van der Waals surface area contributed by atoms with E-state index in [4.69, 9.17) is 9.72 Å². The number of hydrogen-bond donors (Lipinski definition) is 3. The molecule has 1 fully saturated rings. The van der Waals surface area contributed by atoms with Crippen LogP contribution in [0.15, 0.2) is 48.5 Å². The standard InChI is InChI=1S/C24H24FN5O/c25-16-7-5-15(6-8-16)23-28-24(30-29-23)20-13-18-17-3-1-2-4-19(17)26-22(18)21(27-20)14-9-11-31-12-10-14/h1-8,14,20-21,26-27H,9-13H2,(H,28,29,30). The Bertz CT molecular complexity index is 1210. The van der Waals surface area contributed by atoms with Crippen molar-refractivity contribution in [3.05, 3.63) is 71.4 Å². The SMILES string of the molecule is Fc1ccc(-c2n[nH]c(C3Cc4c([nH]c5ccccc45)C(C4CCOCC4)N3)n2)cc1. The van der Waals surface area contributed by atoms with Crippen LogP contribution in [0, 0.1) is 11.7 Å². The Balaban J connectivity index is 1.38. The average molecular weight is 417 g/mol. The van der Waals surface area contributed by atoms with E-state index in [1.54, 1.807) is 12.1 Å². The first-order valence-electron chi connectivity index (χ1n) is 10.9. The van der Waals surface area contributed by atoms with Crippen LogP contribution in [0.1, 0.15) is 42.0 Å². The quantitative estimate of drug-likeness (QED) is 0.460. The van der Waals surface area contributed by atoms with Gasteiger partial charge in [-0.3, -0.25) is 10.4 Å². The number of aromatic amines is 2. The molecule has 2 aliphatic rings. The summed E-state index contributed by atoms with van der Waals surface area (Å²) in [7, 11) is 0. The normalized spacial score (nSPS) is 22.0. The Hall–Kier alpha value is -3.03. The summed E-state index contributed by atoms with van der Waals surface area (Å²) in [4.78, 5) is 8.45. The molecule has 158 valence electrons. The number of para-hydroxylation sites is 1. The van der Waals surface area contributed by atoms with Gasteiger partial charge < -0.3 is 9.72 Å². The summed E-state index contributed by atoms with van der Waals surface area (Å²) in [5, 5.41) is 12.7. The van der Waals surface area contributed by atoms with Crippen LogP contribution in [-0.4, -0.2) is 33.4 Å². The van der Waals surface area contributed by atoms with Crippen molar-refractivity contribution >= 4 is 10.9 Å². The zero-order valence-electron chi connectivity index (χ0n) is 17.1. The molecule has 0 bridgehead atoms. The second kappa shape index (κ2) is 7.59. The van der Waals surface area contributed by atoms with Crippen molar-refractivity contribution in [3.8, 4) is 11.4 Å². The monoisotopic (exact) mass is 417 g/mol. The molecule has 4 aromatic rings. The van der Waals surface area contributed by atoms with Gasteiger partial charge >= 0.3 is 0 Å². The zero-order valence-corrected chi connectivity index (χ0v) is 17.1. The second-order valence-electron chi connectivity index (χ2n) is 8.46. The molecule has 31 heavy (non-hydrogen) atoms. The summed E-state index contributed by atoms with van der Waals surface area (Å²) in [5.41, 5.74) is 4.63. The van der Waals surface area contributed by atoms with Gasteiger partial charge in [0.2, 0.25) is 0 Å². The lowest BCUT2D eigenvalue weighted by Crippen LogP contribution is -2.39. The first kappa shape index (κ1) is 18.7. The van der Waals surface area contributed by atoms with E-state index in [-0.39, 0.29) is 17.9 Å². The van der Waals surface area contributed by atoms with Gasteiger partial charge in [-0.25, -0.2) is 9.37 Å². The third kappa shape index (κ3) is 3.34. The molecule has 0 amide bonds. The molecule has 7 heteroatoms. The average Bonchev–Trinajstić information content (AvgIpc) is 3.45. The van der Waals surface area contributed by atoms with Crippen LogP contribution in [0.25, 0.3) is 22.3 Å². The van der Waals surface area contributed by atoms with Gasteiger partial charge in [0.25, 0.3) is 0 Å². The van der Waals surface area contributed by atoms with Crippen LogP contribution in [0.5, 0.6) is 0 Å². The van der Waals surface area contributed by atoms with E-state index in [0.29, 0.717) is 11.7 Å². The van der Waals surface area contributed by atoms with Crippen LogP contribution < -0.4 is 5.32 Å². The molecule has 0 spiro atoms. The van der Waals surface area contributed by atoms with Gasteiger partial charge in [0, 0.05) is 35.4 Å². The first-order chi connectivity index (χ1) is 15.3. The summed E-state index contributed by atoms with van der Waals surface area (Å²) in [6.45, 7) is 1.61. The van der Waals surface area contributed by atoms with Crippen LogP contribution in [0.4, 0.5) is 4.39 Å². The molecular formula is C24H24FN5O. The molecule has 0 radical (unpaired) electrons. The number of halogens is 1. The van der Waals surface area contributed by atoms with Crippen molar-refractivity contribution < 1.29 is 9.13 Å².